The zero-order valence-electron chi connectivity index (χ0n) is 37.3. The molecule has 0 bridgehead atoms. The lowest BCUT2D eigenvalue weighted by Gasteiger charge is -2.24. The Morgan fingerprint density at radius 3 is 1.11 bits per heavy atom. The van der Waals surface area contributed by atoms with E-state index in [0.717, 1.165) is 44.9 Å². The van der Waals surface area contributed by atoms with Gasteiger partial charge in [0.15, 0.2) is 0 Å². The zero-order valence-corrected chi connectivity index (χ0v) is 37.3. The molecule has 0 heterocycles. The van der Waals surface area contributed by atoms with Crippen molar-refractivity contribution in [3.05, 3.63) is 0 Å². The van der Waals surface area contributed by atoms with Crippen LogP contribution < -0.4 is 5.32 Å². The molecular formula is C49H97NO5. The molecule has 0 aromatic carbocycles. The number of carbonyl (C=O) groups is 2. The molecule has 0 aliphatic carbocycles. The normalized spacial score (nSPS) is 13.2. The molecule has 0 aliphatic rings. The smallest absolute Gasteiger partial charge is 0.306 e. The van der Waals surface area contributed by atoms with Gasteiger partial charge in [-0.2, -0.15) is 0 Å². The van der Waals surface area contributed by atoms with Crippen molar-refractivity contribution in [1.29, 1.82) is 0 Å². The number of amides is 1. The zero-order chi connectivity index (χ0) is 40.3. The maximum Gasteiger partial charge on any atom is 0.306 e. The molecule has 6 heteroatoms. The van der Waals surface area contributed by atoms with Crippen LogP contribution in [0.25, 0.3) is 0 Å². The molecule has 0 aliphatic heterocycles. The van der Waals surface area contributed by atoms with Gasteiger partial charge in [-0.1, -0.05) is 239 Å². The Hall–Kier alpha value is -1.14. The van der Waals surface area contributed by atoms with Crippen LogP contribution in [-0.2, 0) is 14.3 Å². The summed E-state index contributed by atoms with van der Waals surface area (Å²) in [7, 11) is 0. The second-order valence-corrected chi connectivity index (χ2v) is 17.2. The van der Waals surface area contributed by atoms with Gasteiger partial charge in [-0.05, 0) is 25.7 Å². The van der Waals surface area contributed by atoms with Gasteiger partial charge in [-0.25, -0.2) is 0 Å². The van der Waals surface area contributed by atoms with Crippen LogP contribution in [0.3, 0.4) is 0 Å². The molecule has 3 unspecified atom stereocenters. The van der Waals surface area contributed by atoms with Crippen molar-refractivity contribution in [3.63, 3.8) is 0 Å². The Bertz CT molecular complexity index is 791. The third-order valence-corrected chi connectivity index (χ3v) is 11.7. The number of carbonyl (C=O) groups excluding carboxylic acids is 2. The van der Waals surface area contributed by atoms with Crippen molar-refractivity contribution in [2.45, 2.75) is 296 Å². The molecule has 0 aromatic heterocycles. The molecule has 0 saturated heterocycles. The van der Waals surface area contributed by atoms with Crippen molar-refractivity contribution < 1.29 is 24.5 Å². The number of unbranched alkanes of at least 4 members (excludes halogenated alkanes) is 33. The third kappa shape index (κ3) is 39.5. The fraction of sp³-hybridized carbons (Fsp3) is 0.959. The lowest BCUT2D eigenvalue weighted by atomic mass is 10.0. The van der Waals surface area contributed by atoms with Crippen LogP contribution in [0.4, 0.5) is 0 Å². The van der Waals surface area contributed by atoms with Gasteiger partial charge < -0.3 is 20.3 Å². The highest BCUT2D eigenvalue weighted by Crippen LogP contribution is 2.18. The number of esters is 1. The summed E-state index contributed by atoms with van der Waals surface area (Å²) in [5, 5.41) is 23.6. The Labute approximate surface area is 343 Å². The van der Waals surface area contributed by atoms with Crippen LogP contribution in [0.5, 0.6) is 0 Å². The summed E-state index contributed by atoms with van der Waals surface area (Å²) in [4.78, 5) is 26.0. The van der Waals surface area contributed by atoms with Gasteiger partial charge in [0.25, 0.3) is 0 Å². The first-order valence-electron chi connectivity index (χ1n) is 24.8. The van der Waals surface area contributed by atoms with Gasteiger partial charge in [0.1, 0.15) is 6.10 Å². The van der Waals surface area contributed by atoms with Crippen LogP contribution in [0.1, 0.15) is 278 Å². The molecule has 1 amide bonds. The van der Waals surface area contributed by atoms with Gasteiger partial charge in [-0.3, -0.25) is 9.59 Å². The fourth-order valence-electron chi connectivity index (χ4n) is 7.90. The number of aliphatic hydroxyl groups is 2. The molecule has 0 rings (SSSR count). The summed E-state index contributed by atoms with van der Waals surface area (Å²) < 4.78 is 5.92. The number of hydrogen-bond donors (Lipinski definition) is 3. The number of nitrogens with one attached hydrogen (secondary N) is 1. The highest BCUT2D eigenvalue weighted by molar-refractivity contribution is 5.77. The Morgan fingerprint density at radius 1 is 0.455 bits per heavy atom. The van der Waals surface area contributed by atoms with Crippen LogP contribution in [0, 0.1) is 0 Å². The van der Waals surface area contributed by atoms with Gasteiger partial charge in [0.2, 0.25) is 5.91 Å². The van der Waals surface area contributed by atoms with E-state index in [2.05, 4.69) is 26.1 Å². The molecule has 0 radical (unpaired) electrons. The lowest BCUT2D eigenvalue weighted by molar-refractivity contribution is -0.151. The maximum absolute atomic E-state index is 13.1. The van der Waals surface area contributed by atoms with E-state index in [4.69, 9.17) is 4.74 Å². The average Bonchev–Trinajstić information content (AvgIpc) is 3.18. The van der Waals surface area contributed by atoms with E-state index in [0.29, 0.717) is 19.3 Å². The summed E-state index contributed by atoms with van der Waals surface area (Å²) in [5.41, 5.74) is 0. The predicted molar refractivity (Wildman–Crippen MR) is 237 cm³/mol. The Kier molecular flexibility index (Phi) is 43.1. The average molecular weight is 780 g/mol. The maximum atomic E-state index is 13.1. The van der Waals surface area contributed by atoms with E-state index in [-0.39, 0.29) is 24.9 Å². The summed E-state index contributed by atoms with van der Waals surface area (Å²) in [6, 6.07) is -0.690. The van der Waals surface area contributed by atoms with Crippen molar-refractivity contribution >= 4 is 11.9 Å². The quantitative estimate of drug-likeness (QED) is 0.0422. The minimum Gasteiger partial charge on any atom is -0.462 e. The minimum atomic E-state index is -0.777. The van der Waals surface area contributed by atoms with Crippen molar-refractivity contribution in [2.24, 2.45) is 0 Å². The number of aliphatic hydroxyl groups excluding tert-OH is 2. The molecule has 0 aromatic rings. The van der Waals surface area contributed by atoms with E-state index in [1.54, 1.807) is 0 Å². The molecule has 0 saturated carbocycles. The van der Waals surface area contributed by atoms with Crippen LogP contribution in [0.15, 0.2) is 0 Å². The first-order valence-corrected chi connectivity index (χ1v) is 24.8. The first kappa shape index (κ1) is 53.9. The molecule has 3 atom stereocenters. The molecule has 0 spiro atoms. The van der Waals surface area contributed by atoms with Crippen molar-refractivity contribution in [2.75, 3.05) is 6.61 Å². The molecule has 328 valence electrons. The third-order valence-electron chi connectivity index (χ3n) is 11.7. The highest BCUT2D eigenvalue weighted by Gasteiger charge is 2.24. The highest BCUT2D eigenvalue weighted by atomic mass is 16.5. The summed E-state index contributed by atoms with van der Waals surface area (Å²) in [6.45, 7) is 6.48. The number of ether oxygens (including phenoxy) is 1. The number of rotatable bonds is 45. The van der Waals surface area contributed by atoms with Crippen LogP contribution in [-0.4, -0.2) is 46.9 Å². The summed E-state index contributed by atoms with van der Waals surface area (Å²) in [6.07, 6.45) is 46.0. The van der Waals surface area contributed by atoms with Gasteiger partial charge in [0.05, 0.1) is 25.2 Å². The molecular weight excluding hydrogens is 683 g/mol. The lowest BCUT2D eigenvalue weighted by Crippen LogP contribution is -2.46. The van der Waals surface area contributed by atoms with E-state index < -0.39 is 18.2 Å². The second kappa shape index (κ2) is 44.0. The van der Waals surface area contributed by atoms with Crippen molar-refractivity contribution in [3.8, 4) is 0 Å². The van der Waals surface area contributed by atoms with E-state index in [1.807, 2.05) is 0 Å². The molecule has 0 fully saturated rings. The monoisotopic (exact) mass is 780 g/mol. The van der Waals surface area contributed by atoms with Crippen molar-refractivity contribution in [1.82, 2.24) is 5.32 Å². The molecule has 3 N–H and O–H groups in total. The van der Waals surface area contributed by atoms with Gasteiger partial charge in [0, 0.05) is 6.42 Å². The van der Waals surface area contributed by atoms with Crippen LogP contribution >= 0.6 is 0 Å². The number of hydrogen-bond acceptors (Lipinski definition) is 5. The Balaban J connectivity index is 4.49. The fourth-order valence-corrected chi connectivity index (χ4v) is 7.90. The summed E-state index contributed by atoms with van der Waals surface area (Å²) in [5.74, 6) is -0.456. The molecule has 55 heavy (non-hydrogen) atoms. The largest absolute Gasteiger partial charge is 0.462 e. The van der Waals surface area contributed by atoms with Gasteiger partial charge >= 0.3 is 5.97 Å². The second-order valence-electron chi connectivity index (χ2n) is 17.2. The topological polar surface area (TPSA) is 95.9 Å². The summed E-state index contributed by atoms with van der Waals surface area (Å²) >= 11 is 0. The van der Waals surface area contributed by atoms with Gasteiger partial charge in [-0.15, -0.1) is 0 Å². The van der Waals surface area contributed by atoms with E-state index in [1.165, 1.54) is 186 Å². The van der Waals surface area contributed by atoms with E-state index >= 15 is 0 Å². The minimum absolute atomic E-state index is 0.0872. The predicted octanol–water partition coefficient (Wildman–Crippen LogP) is 14.4. The van der Waals surface area contributed by atoms with E-state index in [9.17, 15) is 19.8 Å². The molecule has 6 nitrogen and oxygen atoms in total. The first-order chi connectivity index (χ1) is 27.0. The SMILES string of the molecule is CCCCCCCCCCCCCCCCCCCC(CC(=O)NC(CO)C(O)CCCCCCCCCCC)OC(=O)CCCCCCCCCCCC. The standard InChI is InChI=1S/C49H97NO5/c1-4-7-10-13-16-19-21-22-23-24-25-26-27-29-31-34-37-40-45(55-49(54)42-39-36-33-30-20-17-14-11-8-5-2)43-48(53)50-46(44-51)47(52)41-38-35-32-28-18-15-12-9-6-3/h45-47,51-52H,4-44H2,1-3H3,(H,50,53). The Morgan fingerprint density at radius 2 is 0.764 bits per heavy atom. The van der Waals surface area contributed by atoms with Crippen LogP contribution in [0.2, 0.25) is 0 Å².